The summed E-state index contributed by atoms with van der Waals surface area (Å²) in [6.45, 7) is 16.2. The third-order valence-corrected chi connectivity index (χ3v) is 8.21. The third-order valence-electron chi connectivity index (χ3n) is 8.21. The van der Waals surface area contributed by atoms with Crippen LogP contribution in [0.1, 0.15) is 112 Å². The summed E-state index contributed by atoms with van der Waals surface area (Å²) < 4.78 is 0. The summed E-state index contributed by atoms with van der Waals surface area (Å²) in [6, 6.07) is 0. The number of hydrogen-bond acceptors (Lipinski definition) is 5. The standard InChI is InChI=1S/C30H48N4O2/c1-9-20(4)17-25-26(11-3)31-19-32-28(25)33-27(24(8)35)18-21(5)23(7)29(36)34-30(22(6)10-2)15-13-12-14-16-30/h18-20,22H,9-17H2,1-8H3,(H,34,36)(H,31,32,33)/b23-21+,27-18+. The van der Waals surface area contributed by atoms with E-state index in [-0.39, 0.29) is 17.2 Å². The number of anilines is 1. The van der Waals surface area contributed by atoms with Crippen molar-refractivity contribution >= 4 is 17.5 Å². The number of Topliss-reactive ketones (excluding diaryl/α,β-unsaturated/α-hetero) is 1. The van der Waals surface area contributed by atoms with Crippen LogP contribution in [0.2, 0.25) is 0 Å². The zero-order valence-corrected chi connectivity index (χ0v) is 23.9. The molecule has 1 saturated carbocycles. The molecule has 6 nitrogen and oxygen atoms in total. The number of aromatic nitrogens is 2. The second kappa shape index (κ2) is 13.7. The molecule has 0 aromatic carbocycles. The fraction of sp³-hybridized carbons (Fsp3) is 0.667. The van der Waals surface area contributed by atoms with Gasteiger partial charge in [-0.25, -0.2) is 9.97 Å². The van der Waals surface area contributed by atoms with Crippen molar-refractivity contribution in [3.63, 3.8) is 0 Å². The average molecular weight is 497 g/mol. The van der Waals surface area contributed by atoms with Crippen LogP contribution in [0, 0.1) is 11.8 Å². The summed E-state index contributed by atoms with van der Waals surface area (Å²) in [5.41, 5.74) is 3.76. The number of allylic oxidation sites excluding steroid dienone is 3. The number of ketones is 1. The van der Waals surface area contributed by atoms with Gasteiger partial charge in [0, 0.05) is 29.3 Å². The first-order valence-corrected chi connectivity index (χ1v) is 13.9. The Morgan fingerprint density at radius 2 is 1.69 bits per heavy atom. The SMILES string of the molecule is CCc1ncnc(N/C(=C/C(C)=C(\C)C(=O)NC2(C(C)CC)CCCCC2)C(C)=O)c1CC(C)CC. The summed E-state index contributed by atoms with van der Waals surface area (Å²) >= 11 is 0. The van der Waals surface area contributed by atoms with Gasteiger partial charge in [0.1, 0.15) is 12.1 Å². The van der Waals surface area contributed by atoms with Gasteiger partial charge < -0.3 is 10.6 Å². The molecule has 6 heteroatoms. The normalized spacial score (nSPS) is 18.2. The summed E-state index contributed by atoms with van der Waals surface area (Å²) in [5.74, 6) is 1.45. The Balaban J connectivity index is 2.36. The van der Waals surface area contributed by atoms with Gasteiger partial charge in [0.25, 0.3) is 0 Å². The van der Waals surface area contributed by atoms with Crippen LogP contribution in [-0.4, -0.2) is 27.2 Å². The molecular weight excluding hydrogens is 448 g/mol. The fourth-order valence-electron chi connectivity index (χ4n) is 5.06. The predicted molar refractivity (Wildman–Crippen MR) is 149 cm³/mol. The van der Waals surface area contributed by atoms with E-state index in [1.165, 1.54) is 13.3 Å². The summed E-state index contributed by atoms with van der Waals surface area (Å²) in [6.07, 6.45) is 12.7. The number of nitrogens with zero attached hydrogens (tertiary/aromatic N) is 2. The quantitative estimate of drug-likeness (QED) is 0.248. The topological polar surface area (TPSA) is 84.0 Å². The largest absolute Gasteiger partial charge is 0.347 e. The van der Waals surface area contributed by atoms with E-state index in [0.717, 1.165) is 68.2 Å². The van der Waals surface area contributed by atoms with Gasteiger partial charge in [-0.15, -0.1) is 0 Å². The van der Waals surface area contributed by atoms with E-state index in [1.54, 1.807) is 12.4 Å². The molecule has 1 aromatic heterocycles. The van der Waals surface area contributed by atoms with Crippen molar-refractivity contribution in [1.29, 1.82) is 0 Å². The summed E-state index contributed by atoms with van der Waals surface area (Å²) in [7, 11) is 0. The number of amides is 1. The van der Waals surface area contributed by atoms with Crippen LogP contribution in [0.4, 0.5) is 5.82 Å². The molecule has 2 unspecified atom stereocenters. The molecular formula is C30H48N4O2. The Kier molecular flexibility index (Phi) is 11.3. The van der Waals surface area contributed by atoms with E-state index in [2.05, 4.69) is 55.2 Å². The van der Waals surface area contributed by atoms with Crippen molar-refractivity contribution in [1.82, 2.24) is 15.3 Å². The molecule has 0 aliphatic heterocycles. The molecule has 2 atom stereocenters. The predicted octanol–water partition coefficient (Wildman–Crippen LogP) is 6.71. The third kappa shape index (κ3) is 7.50. The lowest BCUT2D eigenvalue weighted by atomic mass is 9.72. The van der Waals surface area contributed by atoms with Gasteiger partial charge in [0.2, 0.25) is 5.91 Å². The van der Waals surface area contributed by atoms with Gasteiger partial charge in [-0.3, -0.25) is 9.59 Å². The Morgan fingerprint density at radius 1 is 1.03 bits per heavy atom. The van der Waals surface area contributed by atoms with Crippen molar-refractivity contribution in [3.05, 3.63) is 40.5 Å². The molecule has 1 heterocycles. The first-order chi connectivity index (χ1) is 17.1. The number of rotatable bonds is 12. The van der Waals surface area contributed by atoms with Gasteiger partial charge in [0.05, 0.1) is 5.70 Å². The number of nitrogens with one attached hydrogen (secondary N) is 2. The molecule has 1 aliphatic carbocycles. The van der Waals surface area contributed by atoms with Gasteiger partial charge in [-0.2, -0.15) is 0 Å². The van der Waals surface area contributed by atoms with E-state index in [1.807, 2.05) is 13.8 Å². The Morgan fingerprint density at radius 3 is 2.25 bits per heavy atom. The van der Waals surface area contributed by atoms with Crippen LogP contribution >= 0.6 is 0 Å². The molecule has 0 bridgehead atoms. The fourth-order valence-corrected chi connectivity index (χ4v) is 5.06. The first kappa shape index (κ1) is 29.7. The lowest BCUT2D eigenvalue weighted by Gasteiger charge is -2.43. The number of carbonyl (C=O) groups is 2. The Labute approximate surface area is 218 Å². The lowest BCUT2D eigenvalue weighted by molar-refractivity contribution is -0.120. The highest BCUT2D eigenvalue weighted by Gasteiger charge is 2.38. The van der Waals surface area contributed by atoms with Gasteiger partial charge >= 0.3 is 0 Å². The highest BCUT2D eigenvalue weighted by atomic mass is 16.2. The Hall–Kier alpha value is -2.50. The molecule has 0 spiro atoms. The molecule has 1 fully saturated rings. The second-order valence-corrected chi connectivity index (χ2v) is 10.7. The molecule has 0 saturated heterocycles. The van der Waals surface area contributed by atoms with E-state index in [0.29, 0.717) is 28.9 Å². The minimum atomic E-state index is -0.140. The van der Waals surface area contributed by atoms with Crippen molar-refractivity contribution in [2.24, 2.45) is 11.8 Å². The summed E-state index contributed by atoms with van der Waals surface area (Å²) in [5, 5.41) is 6.70. The maximum Gasteiger partial charge on any atom is 0.247 e. The van der Waals surface area contributed by atoms with Crippen LogP contribution in [-0.2, 0) is 22.4 Å². The maximum atomic E-state index is 13.4. The minimum Gasteiger partial charge on any atom is -0.347 e. The van der Waals surface area contributed by atoms with Crippen LogP contribution in [0.5, 0.6) is 0 Å². The molecule has 2 N–H and O–H groups in total. The molecule has 36 heavy (non-hydrogen) atoms. The number of carbonyl (C=O) groups excluding carboxylic acids is 2. The van der Waals surface area contributed by atoms with E-state index in [4.69, 9.17) is 0 Å². The summed E-state index contributed by atoms with van der Waals surface area (Å²) in [4.78, 5) is 34.9. The second-order valence-electron chi connectivity index (χ2n) is 10.7. The highest BCUT2D eigenvalue weighted by Crippen LogP contribution is 2.36. The highest BCUT2D eigenvalue weighted by molar-refractivity contribution is 5.98. The Bertz CT molecular complexity index is 973. The zero-order valence-electron chi connectivity index (χ0n) is 23.9. The van der Waals surface area contributed by atoms with Crippen molar-refractivity contribution in [3.8, 4) is 0 Å². The van der Waals surface area contributed by atoms with Gasteiger partial charge in [-0.05, 0) is 63.0 Å². The van der Waals surface area contributed by atoms with Crippen LogP contribution < -0.4 is 10.6 Å². The molecule has 0 radical (unpaired) electrons. The number of hydrogen-bond donors (Lipinski definition) is 2. The van der Waals surface area contributed by atoms with Crippen molar-refractivity contribution in [2.75, 3.05) is 5.32 Å². The molecule has 1 aliphatic rings. The van der Waals surface area contributed by atoms with E-state index >= 15 is 0 Å². The average Bonchev–Trinajstić information content (AvgIpc) is 2.88. The van der Waals surface area contributed by atoms with Crippen LogP contribution in [0.15, 0.2) is 29.2 Å². The zero-order chi connectivity index (χ0) is 26.9. The van der Waals surface area contributed by atoms with E-state index < -0.39 is 0 Å². The molecule has 200 valence electrons. The first-order valence-electron chi connectivity index (χ1n) is 13.9. The van der Waals surface area contributed by atoms with E-state index in [9.17, 15) is 9.59 Å². The van der Waals surface area contributed by atoms with Crippen molar-refractivity contribution in [2.45, 2.75) is 119 Å². The van der Waals surface area contributed by atoms with Gasteiger partial charge in [-0.1, -0.05) is 66.7 Å². The molecule has 1 aromatic rings. The van der Waals surface area contributed by atoms with Crippen LogP contribution in [0.3, 0.4) is 0 Å². The lowest BCUT2D eigenvalue weighted by Crippen LogP contribution is -2.54. The molecule has 2 rings (SSSR count). The van der Waals surface area contributed by atoms with Gasteiger partial charge in [0.15, 0.2) is 5.78 Å². The monoisotopic (exact) mass is 496 g/mol. The maximum absolute atomic E-state index is 13.4. The number of aryl methyl sites for hydroxylation is 1. The minimum absolute atomic E-state index is 0.0402. The smallest absolute Gasteiger partial charge is 0.247 e. The van der Waals surface area contributed by atoms with Crippen molar-refractivity contribution < 1.29 is 9.59 Å². The van der Waals surface area contributed by atoms with Crippen LogP contribution in [0.25, 0.3) is 0 Å². The molecule has 1 amide bonds.